The summed E-state index contributed by atoms with van der Waals surface area (Å²) in [4.78, 5) is 0. The number of halogens is 1. The summed E-state index contributed by atoms with van der Waals surface area (Å²) in [6.45, 7) is 5.40. The van der Waals surface area contributed by atoms with Crippen molar-refractivity contribution in [2.45, 2.75) is 46.4 Å². The highest BCUT2D eigenvalue weighted by Gasteiger charge is 2.11. The number of hydrogen-bond donors (Lipinski definition) is 0. The minimum absolute atomic E-state index is 0.649. The number of alkyl halides is 1. The Kier molecular flexibility index (Phi) is 4.60. The van der Waals surface area contributed by atoms with E-state index >= 15 is 0 Å². The van der Waals surface area contributed by atoms with Gasteiger partial charge in [0.05, 0.1) is 0 Å². The summed E-state index contributed by atoms with van der Waals surface area (Å²) in [6, 6.07) is 5.85. The fourth-order valence-corrected chi connectivity index (χ4v) is 1.81. The average Bonchev–Trinajstić information content (AvgIpc) is 2.67. The topological polar surface area (TPSA) is 9.23 Å². The predicted octanol–water partition coefficient (Wildman–Crippen LogP) is 3.90. The van der Waals surface area contributed by atoms with Gasteiger partial charge in [0.2, 0.25) is 6.36 Å². The molecule has 1 aromatic carbocycles. The van der Waals surface area contributed by atoms with Crippen LogP contribution in [0.5, 0.6) is 5.75 Å². The van der Waals surface area contributed by atoms with Crippen LogP contribution >= 0.6 is 0 Å². The predicted molar refractivity (Wildman–Crippen MR) is 61.0 cm³/mol. The van der Waals surface area contributed by atoms with Gasteiger partial charge in [-0.3, -0.25) is 0 Å². The zero-order valence-corrected chi connectivity index (χ0v) is 9.72. The van der Waals surface area contributed by atoms with Crippen molar-refractivity contribution >= 4 is 0 Å². The van der Waals surface area contributed by atoms with E-state index in [1.165, 1.54) is 24.5 Å². The Bertz CT molecular complexity index is 307. The lowest BCUT2D eigenvalue weighted by Gasteiger charge is -2.08. The van der Waals surface area contributed by atoms with Crippen molar-refractivity contribution in [3.8, 4) is 5.75 Å². The standard InChI is InChI=1S/C11H13FO.C2H6/c1-8(12)13-11-6-5-9-3-2-4-10(9)7-11;1-2/h5-8H,2-4H2,1H3;1-2H3. The van der Waals surface area contributed by atoms with E-state index in [1.807, 2.05) is 32.0 Å². The van der Waals surface area contributed by atoms with E-state index in [9.17, 15) is 4.39 Å². The molecular formula is C13H19FO. The lowest BCUT2D eigenvalue weighted by Crippen LogP contribution is -2.03. The van der Waals surface area contributed by atoms with Crippen molar-refractivity contribution < 1.29 is 9.13 Å². The Labute approximate surface area is 91.3 Å². The molecule has 1 aromatic rings. The smallest absolute Gasteiger partial charge is 0.235 e. The molecule has 2 rings (SSSR count). The average molecular weight is 210 g/mol. The molecule has 1 nitrogen and oxygen atoms in total. The van der Waals surface area contributed by atoms with Crippen molar-refractivity contribution in [1.82, 2.24) is 0 Å². The van der Waals surface area contributed by atoms with Crippen LogP contribution in [0, 0.1) is 0 Å². The second-order valence-corrected chi connectivity index (χ2v) is 3.44. The number of hydrogen-bond acceptors (Lipinski definition) is 1. The van der Waals surface area contributed by atoms with Gasteiger partial charge in [-0.15, -0.1) is 0 Å². The van der Waals surface area contributed by atoms with Crippen LogP contribution in [0.25, 0.3) is 0 Å². The van der Waals surface area contributed by atoms with Gasteiger partial charge in [-0.05, 0) is 42.5 Å². The van der Waals surface area contributed by atoms with Crippen molar-refractivity contribution in [2.24, 2.45) is 0 Å². The van der Waals surface area contributed by atoms with Gasteiger partial charge < -0.3 is 4.74 Å². The zero-order chi connectivity index (χ0) is 11.3. The van der Waals surface area contributed by atoms with Crippen molar-refractivity contribution in [1.29, 1.82) is 0 Å². The third-order valence-corrected chi connectivity index (χ3v) is 2.37. The van der Waals surface area contributed by atoms with Gasteiger partial charge >= 0.3 is 0 Å². The van der Waals surface area contributed by atoms with E-state index in [-0.39, 0.29) is 0 Å². The molecule has 84 valence electrons. The first-order valence-corrected chi connectivity index (χ1v) is 5.68. The van der Waals surface area contributed by atoms with Crippen LogP contribution < -0.4 is 4.74 Å². The number of aryl methyl sites for hydroxylation is 2. The number of rotatable bonds is 2. The fourth-order valence-electron chi connectivity index (χ4n) is 1.81. The lowest BCUT2D eigenvalue weighted by atomic mass is 10.1. The summed E-state index contributed by atoms with van der Waals surface area (Å²) in [6.07, 6.45) is 2.25. The minimum atomic E-state index is -1.22. The molecule has 0 amide bonds. The molecule has 2 heteroatoms. The summed E-state index contributed by atoms with van der Waals surface area (Å²) in [5.41, 5.74) is 2.71. The zero-order valence-electron chi connectivity index (χ0n) is 9.72. The molecule has 0 fully saturated rings. The Morgan fingerprint density at radius 2 is 1.87 bits per heavy atom. The highest BCUT2D eigenvalue weighted by molar-refractivity contribution is 5.38. The van der Waals surface area contributed by atoms with E-state index in [4.69, 9.17) is 4.74 Å². The number of ether oxygens (including phenoxy) is 1. The van der Waals surface area contributed by atoms with Crippen molar-refractivity contribution in [3.63, 3.8) is 0 Å². The van der Waals surface area contributed by atoms with Gasteiger partial charge in [0.1, 0.15) is 5.75 Å². The minimum Gasteiger partial charge on any atom is -0.461 e. The molecule has 0 radical (unpaired) electrons. The summed E-state index contributed by atoms with van der Waals surface area (Å²) in [5, 5.41) is 0. The maximum absolute atomic E-state index is 12.5. The first-order chi connectivity index (χ1) is 7.25. The Hall–Kier alpha value is -1.05. The van der Waals surface area contributed by atoms with E-state index in [2.05, 4.69) is 0 Å². The summed E-state index contributed by atoms with van der Waals surface area (Å²) in [5.74, 6) is 0.649. The Morgan fingerprint density at radius 1 is 1.20 bits per heavy atom. The van der Waals surface area contributed by atoms with Gasteiger partial charge in [-0.2, -0.15) is 0 Å². The van der Waals surface area contributed by atoms with Gasteiger partial charge in [0.25, 0.3) is 0 Å². The second kappa shape index (κ2) is 5.74. The van der Waals surface area contributed by atoms with E-state index in [1.54, 1.807) is 0 Å². The van der Waals surface area contributed by atoms with E-state index < -0.39 is 6.36 Å². The quantitative estimate of drug-likeness (QED) is 0.719. The molecule has 1 aliphatic rings. The highest BCUT2D eigenvalue weighted by atomic mass is 19.1. The maximum Gasteiger partial charge on any atom is 0.235 e. The molecule has 0 bridgehead atoms. The summed E-state index contributed by atoms with van der Waals surface area (Å²) >= 11 is 0. The first kappa shape index (κ1) is 12.0. The SMILES string of the molecule is CC.CC(F)Oc1ccc2c(c1)CCC2. The van der Waals surface area contributed by atoms with Crippen LogP contribution in [0.3, 0.4) is 0 Å². The normalized spacial score (nSPS) is 14.9. The van der Waals surface area contributed by atoms with Crippen LogP contribution in [0.2, 0.25) is 0 Å². The molecule has 0 aliphatic heterocycles. The Balaban J connectivity index is 0.000000531. The summed E-state index contributed by atoms with van der Waals surface area (Å²) in [7, 11) is 0. The first-order valence-electron chi connectivity index (χ1n) is 5.68. The highest BCUT2D eigenvalue weighted by Crippen LogP contribution is 2.26. The molecule has 0 spiro atoms. The molecule has 0 N–H and O–H groups in total. The number of benzene rings is 1. The van der Waals surface area contributed by atoms with Crippen molar-refractivity contribution in [3.05, 3.63) is 29.3 Å². The molecule has 0 saturated carbocycles. The Morgan fingerprint density at radius 3 is 2.53 bits per heavy atom. The molecular weight excluding hydrogens is 191 g/mol. The molecule has 0 aromatic heterocycles. The van der Waals surface area contributed by atoms with Crippen LogP contribution in [0.4, 0.5) is 4.39 Å². The third-order valence-electron chi connectivity index (χ3n) is 2.37. The molecule has 1 atom stereocenters. The fraction of sp³-hybridized carbons (Fsp3) is 0.538. The van der Waals surface area contributed by atoms with E-state index in [0.717, 1.165) is 12.8 Å². The van der Waals surface area contributed by atoms with Crippen LogP contribution in [-0.2, 0) is 12.8 Å². The second-order valence-electron chi connectivity index (χ2n) is 3.44. The van der Waals surface area contributed by atoms with Gasteiger partial charge in [-0.25, -0.2) is 4.39 Å². The molecule has 15 heavy (non-hydrogen) atoms. The van der Waals surface area contributed by atoms with Crippen LogP contribution in [-0.4, -0.2) is 6.36 Å². The lowest BCUT2D eigenvalue weighted by molar-refractivity contribution is 0.0860. The van der Waals surface area contributed by atoms with Gasteiger partial charge in [-0.1, -0.05) is 19.9 Å². The number of fused-ring (bicyclic) bond motifs is 1. The monoisotopic (exact) mass is 210 g/mol. The van der Waals surface area contributed by atoms with Gasteiger partial charge in [0.15, 0.2) is 0 Å². The molecule has 0 saturated heterocycles. The molecule has 0 heterocycles. The van der Waals surface area contributed by atoms with E-state index in [0.29, 0.717) is 5.75 Å². The summed E-state index contributed by atoms with van der Waals surface area (Å²) < 4.78 is 17.5. The van der Waals surface area contributed by atoms with Gasteiger partial charge in [0, 0.05) is 6.92 Å². The van der Waals surface area contributed by atoms with Crippen LogP contribution in [0.15, 0.2) is 18.2 Å². The van der Waals surface area contributed by atoms with Crippen molar-refractivity contribution in [2.75, 3.05) is 0 Å². The molecule has 1 aliphatic carbocycles. The maximum atomic E-state index is 12.5. The largest absolute Gasteiger partial charge is 0.461 e. The third kappa shape index (κ3) is 3.22. The molecule has 1 unspecified atom stereocenters. The van der Waals surface area contributed by atoms with Crippen LogP contribution in [0.1, 0.15) is 38.3 Å².